The summed E-state index contributed by atoms with van der Waals surface area (Å²) in [5.74, 6) is -1.05. The Morgan fingerprint density at radius 1 is 1.22 bits per heavy atom. The molecule has 2 aromatic heterocycles. The zero-order valence-corrected chi connectivity index (χ0v) is 20.5. The number of benzene rings is 2. The van der Waals surface area contributed by atoms with E-state index in [0.29, 0.717) is 34.2 Å². The molecular formula is C25H28FN7O3. The topological polar surface area (TPSA) is 117 Å². The van der Waals surface area contributed by atoms with Crippen molar-refractivity contribution in [2.45, 2.75) is 32.5 Å². The first-order valence-electron chi connectivity index (χ1n) is 11.7. The van der Waals surface area contributed by atoms with E-state index in [4.69, 9.17) is 4.74 Å². The van der Waals surface area contributed by atoms with Crippen LogP contribution in [0, 0.1) is 5.82 Å². The first kappa shape index (κ1) is 23.9. The largest absolute Gasteiger partial charge is 0.467 e. The lowest BCUT2D eigenvalue weighted by Gasteiger charge is -2.38. The Morgan fingerprint density at radius 3 is 2.67 bits per heavy atom. The van der Waals surface area contributed by atoms with Crippen LogP contribution < -0.4 is 20.3 Å². The summed E-state index contributed by atoms with van der Waals surface area (Å²) in [6.45, 7) is 5.55. The van der Waals surface area contributed by atoms with E-state index in [1.807, 2.05) is 6.07 Å². The minimum Gasteiger partial charge on any atom is -0.467 e. The molecule has 11 heteroatoms. The number of piperazine rings is 1. The van der Waals surface area contributed by atoms with Crippen molar-refractivity contribution in [1.82, 2.24) is 25.1 Å². The Morgan fingerprint density at radius 2 is 1.97 bits per heavy atom. The third-order valence-electron chi connectivity index (χ3n) is 6.45. The van der Waals surface area contributed by atoms with Gasteiger partial charge in [0, 0.05) is 60.6 Å². The number of nitrogens with zero attached hydrogens (tertiary/aromatic N) is 5. The standard InChI is InChI=1S/C25H28FN7O3/c1-13-10-33(11-14(2)28-13)20-6-5-16(22-18(20)9-27-25(30-22)36-4)24(35)29-15-7-17-21(12-34)32(3)31-23(17)19(26)8-15/h5-9,13-14,28,34H,10-12H2,1-4H3,(H,29,35). The number of carbonyl (C=O) groups is 1. The Hall–Kier alpha value is -3.83. The van der Waals surface area contributed by atoms with E-state index in [0.717, 1.165) is 24.2 Å². The van der Waals surface area contributed by atoms with Gasteiger partial charge < -0.3 is 25.4 Å². The number of aryl methyl sites for hydroxylation is 1. The molecular weight excluding hydrogens is 465 g/mol. The van der Waals surface area contributed by atoms with Crippen LogP contribution in [0.2, 0.25) is 0 Å². The number of aliphatic hydroxyl groups excluding tert-OH is 1. The van der Waals surface area contributed by atoms with Crippen LogP contribution in [0.15, 0.2) is 30.5 Å². The fourth-order valence-electron chi connectivity index (χ4n) is 4.93. The van der Waals surface area contributed by atoms with E-state index in [1.54, 1.807) is 25.4 Å². The molecule has 0 saturated carbocycles. The van der Waals surface area contributed by atoms with Crippen molar-refractivity contribution in [3.8, 4) is 6.01 Å². The number of amides is 1. The van der Waals surface area contributed by atoms with Crippen LogP contribution in [-0.4, -0.2) is 63.0 Å². The lowest BCUT2D eigenvalue weighted by molar-refractivity contribution is 0.102. The summed E-state index contributed by atoms with van der Waals surface area (Å²) in [5.41, 5.74) is 2.50. The monoisotopic (exact) mass is 493 g/mol. The number of rotatable bonds is 5. The fraction of sp³-hybridized carbons (Fsp3) is 0.360. The summed E-state index contributed by atoms with van der Waals surface area (Å²) in [5, 5.41) is 21.2. The summed E-state index contributed by atoms with van der Waals surface area (Å²) < 4.78 is 21.4. The van der Waals surface area contributed by atoms with Crippen molar-refractivity contribution in [1.29, 1.82) is 0 Å². The molecule has 3 N–H and O–H groups in total. The van der Waals surface area contributed by atoms with Crippen LogP contribution in [-0.2, 0) is 13.7 Å². The molecule has 10 nitrogen and oxygen atoms in total. The van der Waals surface area contributed by atoms with Crippen LogP contribution >= 0.6 is 0 Å². The molecule has 2 aromatic carbocycles. The predicted molar refractivity (Wildman–Crippen MR) is 135 cm³/mol. The number of hydrogen-bond donors (Lipinski definition) is 3. The van der Waals surface area contributed by atoms with E-state index < -0.39 is 11.7 Å². The number of anilines is 2. The normalized spacial score (nSPS) is 18.1. The van der Waals surface area contributed by atoms with Gasteiger partial charge in [0.2, 0.25) is 0 Å². The second-order valence-corrected chi connectivity index (χ2v) is 9.16. The van der Waals surface area contributed by atoms with Crippen molar-refractivity contribution >= 4 is 39.1 Å². The summed E-state index contributed by atoms with van der Waals surface area (Å²) in [6.07, 6.45) is 1.67. The maximum Gasteiger partial charge on any atom is 0.316 e. The van der Waals surface area contributed by atoms with Gasteiger partial charge in [0.15, 0.2) is 5.82 Å². The lowest BCUT2D eigenvalue weighted by Crippen LogP contribution is -2.54. The number of fused-ring (bicyclic) bond motifs is 2. The zero-order chi connectivity index (χ0) is 25.6. The summed E-state index contributed by atoms with van der Waals surface area (Å²) in [7, 11) is 3.10. The lowest BCUT2D eigenvalue weighted by atomic mass is 10.0. The fourth-order valence-corrected chi connectivity index (χ4v) is 4.93. The average Bonchev–Trinajstić information content (AvgIpc) is 3.17. The van der Waals surface area contributed by atoms with Crippen LogP contribution in [0.4, 0.5) is 15.8 Å². The van der Waals surface area contributed by atoms with Gasteiger partial charge in [0.25, 0.3) is 5.91 Å². The van der Waals surface area contributed by atoms with Gasteiger partial charge in [0.1, 0.15) is 5.52 Å². The maximum absolute atomic E-state index is 14.7. The molecule has 1 aliphatic rings. The molecule has 5 rings (SSSR count). The van der Waals surface area contributed by atoms with Gasteiger partial charge in [-0.1, -0.05) is 0 Å². The van der Waals surface area contributed by atoms with Crippen LogP contribution in [0.25, 0.3) is 21.8 Å². The van der Waals surface area contributed by atoms with Gasteiger partial charge in [-0.15, -0.1) is 0 Å². The Kier molecular flexibility index (Phi) is 6.19. The molecule has 1 saturated heterocycles. The third-order valence-corrected chi connectivity index (χ3v) is 6.45. The molecule has 1 aliphatic heterocycles. The van der Waals surface area contributed by atoms with Crippen LogP contribution in [0.1, 0.15) is 29.9 Å². The number of aliphatic hydroxyl groups is 1. The number of ether oxygens (including phenoxy) is 1. The van der Waals surface area contributed by atoms with E-state index in [-0.39, 0.29) is 23.8 Å². The minimum absolute atomic E-state index is 0.131. The van der Waals surface area contributed by atoms with Crippen molar-refractivity contribution in [2.75, 3.05) is 30.4 Å². The van der Waals surface area contributed by atoms with Crippen molar-refractivity contribution < 1.29 is 19.0 Å². The molecule has 2 unspecified atom stereocenters. The highest BCUT2D eigenvalue weighted by atomic mass is 19.1. The number of aromatic nitrogens is 4. The van der Waals surface area contributed by atoms with Crippen molar-refractivity contribution in [3.05, 3.63) is 47.5 Å². The average molecular weight is 494 g/mol. The molecule has 36 heavy (non-hydrogen) atoms. The number of halogens is 1. The van der Waals surface area contributed by atoms with Crippen LogP contribution in [0.5, 0.6) is 6.01 Å². The van der Waals surface area contributed by atoms with Gasteiger partial charge in [-0.25, -0.2) is 9.37 Å². The summed E-state index contributed by atoms with van der Waals surface area (Å²) in [6, 6.07) is 7.17. The van der Waals surface area contributed by atoms with E-state index in [1.165, 1.54) is 17.9 Å². The number of carbonyl (C=O) groups excluding carboxylic acids is 1. The molecule has 3 heterocycles. The second-order valence-electron chi connectivity index (χ2n) is 9.16. The summed E-state index contributed by atoms with van der Waals surface area (Å²) in [4.78, 5) is 24.4. The summed E-state index contributed by atoms with van der Waals surface area (Å²) >= 11 is 0. The second kappa shape index (κ2) is 9.32. The minimum atomic E-state index is -0.593. The molecule has 2 atom stereocenters. The first-order valence-corrected chi connectivity index (χ1v) is 11.7. The number of nitrogens with one attached hydrogen (secondary N) is 2. The van der Waals surface area contributed by atoms with Crippen molar-refractivity contribution in [2.24, 2.45) is 7.05 Å². The Bertz CT molecular complexity index is 1460. The smallest absolute Gasteiger partial charge is 0.316 e. The van der Waals surface area contributed by atoms with E-state index >= 15 is 0 Å². The maximum atomic E-state index is 14.7. The molecule has 188 valence electrons. The predicted octanol–water partition coefficient (Wildman–Crippen LogP) is 2.60. The number of methoxy groups -OCH3 is 1. The molecule has 0 spiro atoms. The van der Waals surface area contributed by atoms with E-state index in [9.17, 15) is 14.3 Å². The van der Waals surface area contributed by atoms with Gasteiger partial charge in [-0.3, -0.25) is 9.48 Å². The molecule has 0 aliphatic carbocycles. The zero-order valence-electron chi connectivity index (χ0n) is 20.5. The molecule has 0 bridgehead atoms. The third kappa shape index (κ3) is 4.20. The van der Waals surface area contributed by atoms with Gasteiger partial charge >= 0.3 is 6.01 Å². The Labute approximate surface area is 207 Å². The quantitative estimate of drug-likeness (QED) is 0.388. The van der Waals surface area contributed by atoms with Crippen LogP contribution in [0.3, 0.4) is 0 Å². The van der Waals surface area contributed by atoms with Gasteiger partial charge in [-0.2, -0.15) is 10.1 Å². The van der Waals surface area contributed by atoms with Gasteiger partial charge in [0.05, 0.1) is 30.5 Å². The highest BCUT2D eigenvalue weighted by Crippen LogP contribution is 2.31. The first-order chi connectivity index (χ1) is 17.3. The highest BCUT2D eigenvalue weighted by Gasteiger charge is 2.25. The molecule has 4 aromatic rings. The molecule has 0 radical (unpaired) electrons. The molecule has 1 fully saturated rings. The van der Waals surface area contributed by atoms with E-state index in [2.05, 4.69) is 44.4 Å². The SMILES string of the molecule is COc1ncc2c(N3CC(C)NC(C)C3)ccc(C(=O)Nc3cc(F)c4nn(C)c(CO)c4c3)c2n1. The van der Waals surface area contributed by atoms with Gasteiger partial charge in [-0.05, 0) is 38.1 Å². The highest BCUT2D eigenvalue weighted by molar-refractivity contribution is 6.14. The Balaban J connectivity index is 1.55. The number of hydrogen-bond acceptors (Lipinski definition) is 8. The van der Waals surface area contributed by atoms with Crippen molar-refractivity contribution in [3.63, 3.8) is 0 Å². The molecule has 1 amide bonds.